The minimum absolute atomic E-state index is 0.0260. The molecule has 1 aliphatic heterocycles. The van der Waals surface area contributed by atoms with Gasteiger partial charge in [-0.05, 0) is 51.1 Å². The maximum Gasteiger partial charge on any atom is 0.273 e. The Kier molecular flexibility index (Phi) is 5.14. The van der Waals surface area contributed by atoms with Gasteiger partial charge in [0.1, 0.15) is 5.76 Å². The third kappa shape index (κ3) is 3.88. The number of nitrogens with zero attached hydrogens (tertiary/aromatic N) is 2. The predicted molar refractivity (Wildman–Crippen MR) is 92.4 cm³/mol. The fraction of sp³-hybridized carbons (Fsp3) is 0.389. The van der Waals surface area contributed by atoms with Crippen LogP contribution in [-0.2, 0) is 0 Å². The summed E-state index contributed by atoms with van der Waals surface area (Å²) in [5, 5.41) is 13.9. The number of carbonyl (C=O) groups excluding carboxylic acids is 1. The van der Waals surface area contributed by atoms with Gasteiger partial charge in [-0.15, -0.1) is 0 Å². The number of furan rings is 1. The van der Waals surface area contributed by atoms with Crippen molar-refractivity contribution in [3.05, 3.63) is 63.6 Å². The van der Waals surface area contributed by atoms with Gasteiger partial charge in [-0.2, -0.15) is 0 Å². The van der Waals surface area contributed by atoms with Crippen molar-refractivity contribution in [2.75, 3.05) is 19.6 Å². The van der Waals surface area contributed by atoms with Gasteiger partial charge in [0.05, 0.1) is 17.2 Å². The van der Waals surface area contributed by atoms with Crippen LogP contribution in [0.5, 0.6) is 0 Å². The van der Waals surface area contributed by atoms with Gasteiger partial charge >= 0.3 is 0 Å². The lowest BCUT2D eigenvalue weighted by Crippen LogP contribution is -2.36. The minimum Gasteiger partial charge on any atom is -0.468 e. The topological polar surface area (TPSA) is 88.6 Å². The van der Waals surface area contributed by atoms with Crippen molar-refractivity contribution in [2.45, 2.75) is 25.8 Å². The van der Waals surface area contributed by atoms with E-state index in [-0.39, 0.29) is 23.2 Å². The number of hydrogen-bond donors (Lipinski definition) is 1. The Morgan fingerprint density at radius 2 is 2.12 bits per heavy atom. The highest BCUT2D eigenvalue weighted by molar-refractivity contribution is 5.95. The molecule has 1 saturated heterocycles. The molecule has 1 aliphatic rings. The molecule has 7 heteroatoms. The van der Waals surface area contributed by atoms with E-state index in [1.165, 1.54) is 6.07 Å². The summed E-state index contributed by atoms with van der Waals surface area (Å²) in [5.74, 6) is 0.496. The molecule has 7 nitrogen and oxygen atoms in total. The van der Waals surface area contributed by atoms with Crippen LogP contribution in [0.25, 0.3) is 0 Å². The van der Waals surface area contributed by atoms with E-state index < -0.39 is 4.92 Å². The van der Waals surface area contributed by atoms with Crippen LogP contribution in [0.4, 0.5) is 5.69 Å². The minimum atomic E-state index is -0.470. The summed E-state index contributed by atoms with van der Waals surface area (Å²) in [7, 11) is 0. The average Bonchev–Trinajstić information content (AvgIpc) is 3.29. The Morgan fingerprint density at radius 1 is 1.36 bits per heavy atom. The van der Waals surface area contributed by atoms with Crippen molar-refractivity contribution in [2.24, 2.45) is 0 Å². The fourth-order valence-corrected chi connectivity index (χ4v) is 3.18. The van der Waals surface area contributed by atoms with Crippen LogP contribution < -0.4 is 5.32 Å². The summed E-state index contributed by atoms with van der Waals surface area (Å²) in [4.78, 5) is 25.3. The van der Waals surface area contributed by atoms with Crippen LogP contribution in [-0.4, -0.2) is 35.4 Å². The van der Waals surface area contributed by atoms with Gasteiger partial charge in [0.2, 0.25) is 0 Å². The van der Waals surface area contributed by atoms with Crippen LogP contribution in [0.3, 0.4) is 0 Å². The Balaban J connectivity index is 1.71. The highest BCUT2D eigenvalue weighted by Crippen LogP contribution is 2.25. The molecule has 0 radical (unpaired) electrons. The summed E-state index contributed by atoms with van der Waals surface area (Å²) >= 11 is 0. The first kappa shape index (κ1) is 17.2. The Morgan fingerprint density at radius 3 is 2.76 bits per heavy atom. The molecule has 0 saturated carbocycles. The lowest BCUT2D eigenvalue weighted by molar-refractivity contribution is -0.385. The van der Waals surface area contributed by atoms with Gasteiger partial charge in [-0.25, -0.2) is 0 Å². The molecule has 1 atom stereocenters. The summed E-state index contributed by atoms with van der Waals surface area (Å²) in [6.45, 7) is 3.99. The molecule has 1 fully saturated rings. The van der Waals surface area contributed by atoms with Crippen LogP contribution in [0, 0.1) is 17.0 Å². The van der Waals surface area contributed by atoms with Crippen LogP contribution in [0.1, 0.15) is 40.6 Å². The molecule has 3 rings (SSSR count). The second-order valence-corrected chi connectivity index (χ2v) is 6.24. The van der Waals surface area contributed by atoms with Crippen molar-refractivity contribution in [1.29, 1.82) is 0 Å². The highest BCUT2D eigenvalue weighted by Gasteiger charge is 2.26. The predicted octanol–water partition coefficient (Wildman–Crippen LogP) is 3.06. The molecule has 2 aromatic rings. The molecular formula is C18H21N3O4. The third-order valence-corrected chi connectivity index (χ3v) is 4.58. The van der Waals surface area contributed by atoms with Gasteiger partial charge in [0.15, 0.2) is 0 Å². The lowest BCUT2D eigenvalue weighted by Gasteiger charge is -2.26. The van der Waals surface area contributed by atoms with Crippen molar-refractivity contribution >= 4 is 11.6 Å². The van der Waals surface area contributed by atoms with E-state index in [1.807, 2.05) is 12.1 Å². The SMILES string of the molecule is Cc1ccc(C(=O)NCC(c2ccco2)N2CCCC2)cc1[N+](=O)[O-]. The molecule has 0 spiro atoms. The van der Waals surface area contributed by atoms with E-state index >= 15 is 0 Å². The van der Waals surface area contributed by atoms with Gasteiger partial charge < -0.3 is 9.73 Å². The number of nitro benzene ring substituents is 1. The first-order chi connectivity index (χ1) is 12.1. The number of likely N-dealkylation sites (tertiary alicyclic amines) is 1. The molecule has 1 unspecified atom stereocenters. The molecule has 1 aromatic heterocycles. The number of hydrogen-bond acceptors (Lipinski definition) is 5. The molecule has 0 aliphatic carbocycles. The Bertz CT molecular complexity index is 752. The Hall–Kier alpha value is -2.67. The van der Waals surface area contributed by atoms with E-state index in [0.717, 1.165) is 31.7 Å². The largest absolute Gasteiger partial charge is 0.468 e. The number of aryl methyl sites for hydroxylation is 1. The van der Waals surface area contributed by atoms with Crippen LogP contribution in [0.2, 0.25) is 0 Å². The second-order valence-electron chi connectivity index (χ2n) is 6.24. The number of amides is 1. The van der Waals surface area contributed by atoms with Gasteiger partial charge in [-0.1, -0.05) is 6.07 Å². The van der Waals surface area contributed by atoms with Gasteiger partial charge in [-0.3, -0.25) is 19.8 Å². The first-order valence-corrected chi connectivity index (χ1v) is 8.37. The molecule has 1 aromatic carbocycles. The zero-order valence-electron chi connectivity index (χ0n) is 14.1. The monoisotopic (exact) mass is 343 g/mol. The van der Waals surface area contributed by atoms with Crippen molar-refractivity contribution < 1.29 is 14.1 Å². The number of nitro groups is 1. The van der Waals surface area contributed by atoms with Crippen LogP contribution >= 0.6 is 0 Å². The molecule has 25 heavy (non-hydrogen) atoms. The molecule has 2 heterocycles. The third-order valence-electron chi connectivity index (χ3n) is 4.58. The highest BCUT2D eigenvalue weighted by atomic mass is 16.6. The van der Waals surface area contributed by atoms with E-state index in [0.29, 0.717) is 12.1 Å². The lowest BCUT2D eigenvalue weighted by atomic mass is 10.1. The van der Waals surface area contributed by atoms with Crippen molar-refractivity contribution in [3.63, 3.8) is 0 Å². The quantitative estimate of drug-likeness (QED) is 0.643. The zero-order valence-corrected chi connectivity index (χ0v) is 14.1. The van der Waals surface area contributed by atoms with Crippen LogP contribution in [0.15, 0.2) is 41.0 Å². The Labute approximate surface area is 145 Å². The maximum absolute atomic E-state index is 12.4. The molecule has 1 amide bonds. The standard InChI is InChI=1S/C18H21N3O4/c1-13-6-7-14(11-15(13)21(23)24)18(22)19-12-16(17-5-4-10-25-17)20-8-2-3-9-20/h4-7,10-11,16H,2-3,8-9,12H2,1H3,(H,19,22). The zero-order chi connectivity index (χ0) is 17.8. The van der Waals surface area contributed by atoms with Gasteiger partial charge in [0, 0.05) is 23.7 Å². The molecule has 0 bridgehead atoms. The van der Waals surface area contributed by atoms with E-state index in [2.05, 4.69) is 10.2 Å². The smallest absolute Gasteiger partial charge is 0.273 e. The number of benzene rings is 1. The van der Waals surface area contributed by atoms with E-state index in [1.54, 1.807) is 25.3 Å². The normalized spacial score (nSPS) is 15.9. The summed E-state index contributed by atoms with van der Waals surface area (Å²) in [6.07, 6.45) is 3.90. The summed E-state index contributed by atoms with van der Waals surface area (Å²) in [6, 6.07) is 8.24. The van der Waals surface area contributed by atoms with Crippen molar-refractivity contribution in [3.8, 4) is 0 Å². The van der Waals surface area contributed by atoms with E-state index in [4.69, 9.17) is 4.42 Å². The number of rotatable bonds is 6. The average molecular weight is 343 g/mol. The molecular weight excluding hydrogens is 322 g/mol. The fourth-order valence-electron chi connectivity index (χ4n) is 3.18. The second kappa shape index (κ2) is 7.48. The van der Waals surface area contributed by atoms with Gasteiger partial charge in [0.25, 0.3) is 11.6 Å². The summed E-state index contributed by atoms with van der Waals surface area (Å²) < 4.78 is 5.53. The first-order valence-electron chi connectivity index (χ1n) is 8.37. The maximum atomic E-state index is 12.4. The van der Waals surface area contributed by atoms with E-state index in [9.17, 15) is 14.9 Å². The molecule has 1 N–H and O–H groups in total. The number of nitrogens with one attached hydrogen (secondary N) is 1. The molecule has 132 valence electrons. The van der Waals surface area contributed by atoms with Crippen molar-refractivity contribution in [1.82, 2.24) is 10.2 Å². The number of carbonyl (C=O) groups is 1. The summed E-state index contributed by atoms with van der Waals surface area (Å²) in [5.41, 5.74) is 0.777.